The van der Waals surface area contributed by atoms with Crippen molar-refractivity contribution in [2.75, 3.05) is 0 Å². The summed E-state index contributed by atoms with van der Waals surface area (Å²) in [7, 11) is 0. The number of unbranched alkanes of at least 4 members (excludes halogenated alkanes) is 2. The molecule has 0 aliphatic carbocycles. The van der Waals surface area contributed by atoms with Gasteiger partial charge in [-0.25, -0.2) is 0 Å². The van der Waals surface area contributed by atoms with Gasteiger partial charge in [-0.1, -0.05) is 45.7 Å². The molecule has 0 heterocycles. The van der Waals surface area contributed by atoms with Gasteiger partial charge in [0.2, 0.25) is 0 Å². The Morgan fingerprint density at radius 1 is 1.28 bits per heavy atom. The number of ether oxygens (including phenoxy) is 1. The first-order valence-electron chi connectivity index (χ1n) is 6.85. The van der Waals surface area contributed by atoms with Gasteiger partial charge in [0, 0.05) is 6.92 Å². The van der Waals surface area contributed by atoms with Crippen LogP contribution in [0, 0.1) is 0 Å². The Labute approximate surface area is 110 Å². The number of hydrogen-bond donors (Lipinski definition) is 0. The number of hydrogen-bond acceptors (Lipinski definition) is 2. The second-order valence-corrected chi connectivity index (χ2v) is 5.07. The highest BCUT2D eigenvalue weighted by Gasteiger charge is 2.09. The van der Waals surface area contributed by atoms with Crippen LogP contribution in [-0.2, 0) is 11.2 Å². The molecule has 0 aromatic heterocycles. The van der Waals surface area contributed by atoms with E-state index in [2.05, 4.69) is 32.9 Å². The molecule has 2 nitrogen and oxygen atoms in total. The maximum atomic E-state index is 11.2. The monoisotopic (exact) mass is 248 g/mol. The minimum atomic E-state index is -0.243. The fraction of sp³-hybridized carbons (Fsp3) is 0.562. The van der Waals surface area contributed by atoms with Gasteiger partial charge in [0.1, 0.15) is 5.75 Å². The quantitative estimate of drug-likeness (QED) is 0.422. The zero-order chi connectivity index (χ0) is 13.5. The summed E-state index contributed by atoms with van der Waals surface area (Å²) in [5, 5.41) is 0. The first-order chi connectivity index (χ1) is 8.54. The molecule has 0 aliphatic heterocycles. The first-order valence-corrected chi connectivity index (χ1v) is 6.85. The molecule has 0 bridgehead atoms. The minimum Gasteiger partial charge on any atom is -0.426 e. The largest absolute Gasteiger partial charge is 0.426 e. The van der Waals surface area contributed by atoms with Crippen molar-refractivity contribution in [2.45, 2.75) is 59.3 Å². The van der Waals surface area contributed by atoms with Crippen LogP contribution < -0.4 is 4.74 Å². The molecule has 0 saturated heterocycles. The molecule has 100 valence electrons. The summed E-state index contributed by atoms with van der Waals surface area (Å²) in [6.45, 7) is 7.93. The van der Waals surface area contributed by atoms with Gasteiger partial charge in [-0.2, -0.15) is 0 Å². The zero-order valence-corrected chi connectivity index (χ0v) is 12.0. The third-order valence-corrected chi connectivity index (χ3v) is 3.06. The van der Waals surface area contributed by atoms with Crippen LogP contribution >= 0.6 is 0 Å². The van der Waals surface area contributed by atoms with Crippen molar-refractivity contribution < 1.29 is 9.53 Å². The number of rotatable bonds is 6. The maximum Gasteiger partial charge on any atom is 0.308 e. The SMILES string of the molecule is CCCCCc1ccc(C(C)C)cc1OC(C)=O. The summed E-state index contributed by atoms with van der Waals surface area (Å²) >= 11 is 0. The van der Waals surface area contributed by atoms with Gasteiger partial charge in [0.25, 0.3) is 0 Å². The van der Waals surface area contributed by atoms with Crippen LogP contribution in [0.3, 0.4) is 0 Å². The number of benzene rings is 1. The van der Waals surface area contributed by atoms with Crippen LogP contribution in [0.1, 0.15) is 64.0 Å². The van der Waals surface area contributed by atoms with E-state index < -0.39 is 0 Å². The van der Waals surface area contributed by atoms with E-state index in [1.165, 1.54) is 25.3 Å². The molecule has 1 rings (SSSR count). The molecule has 1 aromatic rings. The fourth-order valence-corrected chi connectivity index (χ4v) is 1.95. The molecule has 1 aromatic carbocycles. The zero-order valence-electron chi connectivity index (χ0n) is 12.0. The highest BCUT2D eigenvalue weighted by atomic mass is 16.5. The van der Waals surface area contributed by atoms with Crippen LogP contribution in [0.15, 0.2) is 18.2 Å². The minimum absolute atomic E-state index is 0.243. The fourth-order valence-electron chi connectivity index (χ4n) is 1.95. The average Bonchev–Trinajstić information content (AvgIpc) is 2.30. The number of aryl methyl sites for hydroxylation is 1. The number of esters is 1. The van der Waals surface area contributed by atoms with Crippen LogP contribution in [0.2, 0.25) is 0 Å². The lowest BCUT2D eigenvalue weighted by molar-refractivity contribution is -0.131. The van der Waals surface area contributed by atoms with Crippen molar-refractivity contribution >= 4 is 5.97 Å². The summed E-state index contributed by atoms with van der Waals surface area (Å²) in [6, 6.07) is 6.25. The topological polar surface area (TPSA) is 26.3 Å². The van der Waals surface area contributed by atoms with Gasteiger partial charge in [-0.05, 0) is 36.0 Å². The van der Waals surface area contributed by atoms with E-state index in [1.807, 2.05) is 6.07 Å². The highest BCUT2D eigenvalue weighted by Crippen LogP contribution is 2.26. The van der Waals surface area contributed by atoms with Gasteiger partial charge in [-0.15, -0.1) is 0 Å². The summed E-state index contributed by atoms with van der Waals surface area (Å²) in [6.07, 6.45) is 4.54. The van der Waals surface area contributed by atoms with Gasteiger partial charge in [0.05, 0.1) is 0 Å². The standard InChI is InChI=1S/C16H24O2/c1-5-6-7-8-14-9-10-15(12(2)3)11-16(14)18-13(4)17/h9-12H,5-8H2,1-4H3. The van der Waals surface area contributed by atoms with E-state index in [0.717, 1.165) is 24.2 Å². The second-order valence-electron chi connectivity index (χ2n) is 5.07. The smallest absolute Gasteiger partial charge is 0.308 e. The number of carbonyl (C=O) groups excluding carboxylic acids is 1. The molecular weight excluding hydrogens is 224 g/mol. The van der Waals surface area contributed by atoms with Gasteiger partial charge < -0.3 is 4.74 Å². The normalized spacial score (nSPS) is 10.7. The Bertz CT molecular complexity index is 394. The van der Waals surface area contributed by atoms with E-state index in [4.69, 9.17) is 4.74 Å². The van der Waals surface area contributed by atoms with Crippen LogP contribution in [0.4, 0.5) is 0 Å². The third kappa shape index (κ3) is 4.52. The molecule has 0 unspecified atom stereocenters. The Morgan fingerprint density at radius 3 is 2.56 bits per heavy atom. The lowest BCUT2D eigenvalue weighted by atomic mass is 9.98. The Morgan fingerprint density at radius 2 is 2.00 bits per heavy atom. The molecule has 0 amide bonds. The van der Waals surface area contributed by atoms with Gasteiger partial charge in [0.15, 0.2) is 0 Å². The van der Waals surface area contributed by atoms with Gasteiger partial charge >= 0.3 is 5.97 Å². The molecule has 18 heavy (non-hydrogen) atoms. The lowest BCUT2D eigenvalue weighted by Gasteiger charge is -2.13. The maximum absolute atomic E-state index is 11.2. The van der Waals surface area contributed by atoms with E-state index >= 15 is 0 Å². The summed E-state index contributed by atoms with van der Waals surface area (Å²) in [5.41, 5.74) is 2.36. The average molecular weight is 248 g/mol. The van der Waals surface area contributed by atoms with Crippen LogP contribution in [-0.4, -0.2) is 5.97 Å². The Balaban J connectivity index is 2.89. The molecular formula is C16H24O2. The predicted octanol–water partition coefficient (Wildman–Crippen LogP) is 4.47. The van der Waals surface area contributed by atoms with Gasteiger partial charge in [-0.3, -0.25) is 4.79 Å². The first kappa shape index (κ1) is 14.7. The molecule has 0 aliphatic rings. The molecule has 0 N–H and O–H groups in total. The molecule has 0 radical (unpaired) electrons. The number of carbonyl (C=O) groups is 1. The van der Waals surface area contributed by atoms with Crippen molar-refractivity contribution in [3.8, 4) is 5.75 Å². The van der Waals surface area contributed by atoms with Crippen LogP contribution in [0.5, 0.6) is 5.75 Å². The third-order valence-electron chi connectivity index (χ3n) is 3.06. The summed E-state index contributed by atoms with van der Waals surface area (Å²) in [5.74, 6) is 0.946. The summed E-state index contributed by atoms with van der Waals surface area (Å²) < 4.78 is 5.33. The molecule has 0 fully saturated rings. The van der Waals surface area contributed by atoms with Crippen molar-refractivity contribution in [1.82, 2.24) is 0 Å². The van der Waals surface area contributed by atoms with Crippen molar-refractivity contribution in [3.05, 3.63) is 29.3 Å². The van der Waals surface area contributed by atoms with Crippen molar-refractivity contribution in [3.63, 3.8) is 0 Å². The molecule has 0 saturated carbocycles. The van der Waals surface area contributed by atoms with E-state index in [9.17, 15) is 4.79 Å². The lowest BCUT2D eigenvalue weighted by Crippen LogP contribution is -2.05. The van der Waals surface area contributed by atoms with Crippen molar-refractivity contribution in [2.24, 2.45) is 0 Å². The van der Waals surface area contributed by atoms with E-state index in [1.54, 1.807) is 0 Å². The molecule has 0 atom stereocenters. The highest BCUT2D eigenvalue weighted by molar-refractivity contribution is 5.70. The predicted molar refractivity (Wildman–Crippen MR) is 75.1 cm³/mol. The molecule has 2 heteroatoms. The Kier molecular flexibility index (Phi) is 5.90. The van der Waals surface area contributed by atoms with Crippen molar-refractivity contribution in [1.29, 1.82) is 0 Å². The second kappa shape index (κ2) is 7.20. The van der Waals surface area contributed by atoms with E-state index in [0.29, 0.717) is 5.92 Å². The molecule has 0 spiro atoms. The Hall–Kier alpha value is -1.31. The summed E-state index contributed by atoms with van der Waals surface area (Å²) in [4.78, 5) is 11.2. The van der Waals surface area contributed by atoms with Crippen LogP contribution in [0.25, 0.3) is 0 Å². The van der Waals surface area contributed by atoms with E-state index in [-0.39, 0.29) is 5.97 Å².